The van der Waals surface area contributed by atoms with Crippen molar-refractivity contribution in [3.8, 4) is 0 Å². The molecule has 0 aliphatic heterocycles. The first-order chi connectivity index (χ1) is 12.8. The number of aliphatic hydroxyl groups is 1. The zero-order valence-electron chi connectivity index (χ0n) is 14.9. The normalized spacial score (nSPS) is 11.3. The summed E-state index contributed by atoms with van der Waals surface area (Å²) in [4.78, 5) is 33.3. The molecule has 0 saturated heterocycles. The second-order valence-corrected chi connectivity index (χ2v) is 7.63. The number of hydroxylamine groups is 2. The van der Waals surface area contributed by atoms with E-state index in [0.29, 0.717) is 5.56 Å². The van der Waals surface area contributed by atoms with Gasteiger partial charge in [0, 0.05) is 11.9 Å². The zero-order valence-corrected chi connectivity index (χ0v) is 16.5. The van der Waals surface area contributed by atoms with Crippen LogP contribution in [-0.4, -0.2) is 34.1 Å². The Labute approximate surface area is 163 Å². The molecule has 7 nitrogen and oxygen atoms in total. The second-order valence-electron chi connectivity index (χ2n) is 5.35. The molecule has 2 aromatic rings. The number of carbonyl (C=O) groups excluding carboxylic acids is 2. The summed E-state index contributed by atoms with van der Waals surface area (Å²) in [6.45, 7) is 3.68. The van der Waals surface area contributed by atoms with Crippen molar-refractivity contribution in [2.75, 3.05) is 7.11 Å². The molecular weight excluding hydrogens is 393 g/mol. The lowest BCUT2D eigenvalue weighted by Crippen LogP contribution is -2.29. The van der Waals surface area contributed by atoms with Crippen LogP contribution in [0.2, 0.25) is 0 Å². The predicted molar refractivity (Wildman–Crippen MR) is 100 cm³/mol. The molecule has 1 heterocycles. The summed E-state index contributed by atoms with van der Waals surface area (Å²) < 4.78 is 16.2. The number of amides is 2. The molecular formula is C17H18FN3O4S2. The monoisotopic (exact) mass is 411 g/mol. The van der Waals surface area contributed by atoms with Crippen LogP contribution in [0.25, 0.3) is 0 Å². The summed E-state index contributed by atoms with van der Waals surface area (Å²) in [5.74, 6) is -2.71. The molecule has 0 atom stereocenters. The number of rotatable bonds is 7. The Bertz CT molecular complexity index is 852. The van der Waals surface area contributed by atoms with E-state index in [4.69, 9.17) is 4.84 Å². The minimum Gasteiger partial charge on any atom is -0.503 e. The lowest BCUT2D eigenvalue weighted by molar-refractivity contribution is -0.173. The Kier molecular flexibility index (Phi) is 7.34. The predicted octanol–water partition coefficient (Wildman–Crippen LogP) is 3.05. The van der Waals surface area contributed by atoms with Gasteiger partial charge in [-0.25, -0.2) is 14.4 Å². The van der Waals surface area contributed by atoms with Gasteiger partial charge < -0.3 is 5.11 Å². The summed E-state index contributed by atoms with van der Waals surface area (Å²) in [6.07, 6.45) is 0.758. The van der Waals surface area contributed by atoms with Crippen LogP contribution in [0.5, 0.6) is 0 Å². The van der Waals surface area contributed by atoms with Crippen LogP contribution in [0, 0.1) is 19.7 Å². The smallest absolute Gasteiger partial charge is 0.296 e. The summed E-state index contributed by atoms with van der Waals surface area (Å²) in [5, 5.41) is 11.6. The van der Waals surface area contributed by atoms with Crippen molar-refractivity contribution in [3.05, 3.63) is 58.2 Å². The number of carbonyl (C=O) groups is 2. The number of hydrogen-bond donors (Lipinski definition) is 2. The third-order valence-electron chi connectivity index (χ3n) is 3.30. The molecule has 1 aromatic heterocycles. The van der Waals surface area contributed by atoms with E-state index in [-0.39, 0.29) is 6.54 Å². The van der Waals surface area contributed by atoms with Gasteiger partial charge in [-0.2, -0.15) is 0 Å². The van der Waals surface area contributed by atoms with Crippen molar-refractivity contribution in [1.29, 1.82) is 0 Å². The third kappa shape index (κ3) is 6.05. The van der Waals surface area contributed by atoms with Gasteiger partial charge in [0.2, 0.25) is 0 Å². The quantitative estimate of drug-likeness (QED) is 0.315. The number of nitrogens with one attached hydrogen (secondary N) is 1. The van der Waals surface area contributed by atoms with E-state index in [1.165, 1.54) is 42.7 Å². The zero-order chi connectivity index (χ0) is 20.0. The average Bonchev–Trinajstić information content (AvgIpc) is 2.96. The van der Waals surface area contributed by atoms with Crippen molar-refractivity contribution in [2.24, 2.45) is 0 Å². The van der Waals surface area contributed by atoms with Gasteiger partial charge in [0.15, 0.2) is 5.76 Å². The van der Waals surface area contributed by atoms with E-state index in [0.717, 1.165) is 38.0 Å². The Hall–Kier alpha value is -2.43. The first-order valence-electron chi connectivity index (χ1n) is 7.72. The van der Waals surface area contributed by atoms with E-state index in [1.54, 1.807) is 0 Å². The summed E-state index contributed by atoms with van der Waals surface area (Å²) in [6, 6.07) is 5.52. The van der Waals surface area contributed by atoms with Crippen LogP contribution in [0.4, 0.5) is 4.39 Å². The summed E-state index contributed by atoms with van der Waals surface area (Å²) in [5.41, 5.74) is 1.39. The molecule has 0 aliphatic rings. The van der Waals surface area contributed by atoms with Crippen LogP contribution >= 0.6 is 23.3 Å². The maximum atomic E-state index is 12.9. The average molecular weight is 411 g/mol. The number of aromatic nitrogens is 1. The van der Waals surface area contributed by atoms with Crippen LogP contribution < -0.4 is 4.72 Å². The number of halogens is 1. The summed E-state index contributed by atoms with van der Waals surface area (Å²) in [7, 11) is 1.27. The highest BCUT2D eigenvalue weighted by atomic mass is 32.2. The van der Waals surface area contributed by atoms with E-state index < -0.39 is 23.4 Å². The molecule has 2 amide bonds. The number of hydrogen-bond acceptors (Lipinski definition) is 7. The Balaban J connectivity index is 1.96. The molecule has 0 spiro atoms. The van der Waals surface area contributed by atoms with Crippen LogP contribution in [0.1, 0.15) is 16.3 Å². The van der Waals surface area contributed by atoms with Gasteiger partial charge in [0.25, 0.3) is 11.8 Å². The molecule has 1 aromatic carbocycles. The number of aryl methyl sites for hydroxylation is 2. The number of thiazole rings is 1. The Morgan fingerprint density at radius 2 is 2.04 bits per heavy atom. The van der Waals surface area contributed by atoms with Gasteiger partial charge in [-0.3, -0.25) is 19.1 Å². The molecule has 0 unspecified atom stereocenters. The van der Waals surface area contributed by atoms with E-state index in [2.05, 4.69) is 9.71 Å². The van der Waals surface area contributed by atoms with Gasteiger partial charge in [-0.15, -0.1) is 11.3 Å². The molecule has 0 radical (unpaired) electrons. The number of aliphatic hydroxyl groups excluding tert-OH is 1. The first kappa shape index (κ1) is 20.9. The lowest BCUT2D eigenvalue weighted by atomic mass is 10.2. The van der Waals surface area contributed by atoms with Gasteiger partial charge >= 0.3 is 0 Å². The molecule has 144 valence electrons. The van der Waals surface area contributed by atoms with Gasteiger partial charge in [0.05, 0.1) is 30.4 Å². The maximum Gasteiger partial charge on any atom is 0.296 e. The third-order valence-corrected chi connectivity index (χ3v) is 5.43. The SMILES string of the molecule is CON(Cc1ccc(F)cc1)C(=O)/C=C(\O)C(=O)NSc1sc(C)nc1C. The minimum atomic E-state index is -0.823. The van der Waals surface area contributed by atoms with E-state index in [9.17, 15) is 19.1 Å². The first-order valence-corrected chi connectivity index (χ1v) is 9.35. The molecule has 2 N–H and O–H groups in total. The van der Waals surface area contributed by atoms with Gasteiger partial charge in [-0.1, -0.05) is 12.1 Å². The highest BCUT2D eigenvalue weighted by Crippen LogP contribution is 2.26. The molecule has 0 bridgehead atoms. The van der Waals surface area contributed by atoms with E-state index >= 15 is 0 Å². The van der Waals surface area contributed by atoms with Crippen LogP contribution in [0.3, 0.4) is 0 Å². The molecule has 2 rings (SSSR count). The van der Waals surface area contributed by atoms with Crippen LogP contribution in [-0.2, 0) is 21.0 Å². The second kappa shape index (κ2) is 9.49. The highest BCUT2D eigenvalue weighted by Gasteiger charge is 2.17. The van der Waals surface area contributed by atoms with Crippen molar-refractivity contribution in [1.82, 2.24) is 14.8 Å². The molecule has 27 heavy (non-hydrogen) atoms. The summed E-state index contributed by atoms with van der Waals surface area (Å²) >= 11 is 2.42. The van der Waals surface area contributed by atoms with Crippen molar-refractivity contribution in [3.63, 3.8) is 0 Å². The minimum absolute atomic E-state index is 0.0229. The maximum absolute atomic E-state index is 12.9. The highest BCUT2D eigenvalue weighted by molar-refractivity contribution is 7.99. The topological polar surface area (TPSA) is 91.8 Å². The number of nitrogens with zero attached hydrogens (tertiary/aromatic N) is 2. The molecule has 0 saturated carbocycles. The standard InChI is InChI=1S/C17H18FN3O4S2/c1-10-17(26-11(2)19-10)27-20-16(24)14(22)8-15(23)21(25-3)9-12-4-6-13(18)7-5-12/h4-8,22H,9H2,1-3H3,(H,20,24)/b14-8-. The molecule has 0 aliphatic carbocycles. The Morgan fingerprint density at radius 1 is 1.37 bits per heavy atom. The van der Waals surface area contributed by atoms with Gasteiger partial charge in [0.1, 0.15) is 10.0 Å². The fourth-order valence-electron chi connectivity index (χ4n) is 1.99. The van der Waals surface area contributed by atoms with Crippen LogP contribution in [0.15, 0.2) is 40.3 Å². The largest absolute Gasteiger partial charge is 0.503 e. The number of benzene rings is 1. The fraction of sp³-hybridized carbons (Fsp3) is 0.235. The van der Waals surface area contributed by atoms with Gasteiger partial charge in [-0.05, 0) is 31.5 Å². The fourth-order valence-corrected chi connectivity index (χ4v) is 3.78. The van der Waals surface area contributed by atoms with E-state index in [1.807, 2.05) is 13.8 Å². The molecule has 10 heteroatoms. The van der Waals surface area contributed by atoms with Crippen molar-refractivity contribution >= 4 is 35.1 Å². The molecule has 0 fully saturated rings. The van der Waals surface area contributed by atoms with Crippen molar-refractivity contribution in [2.45, 2.75) is 24.6 Å². The van der Waals surface area contributed by atoms with Crippen molar-refractivity contribution < 1.29 is 23.9 Å². The Morgan fingerprint density at radius 3 is 2.59 bits per heavy atom. The lowest BCUT2D eigenvalue weighted by Gasteiger charge is -2.18.